The maximum absolute atomic E-state index is 11.1. The molecule has 1 aliphatic rings. The maximum Gasteiger partial charge on any atom is 0.270 e. The number of aromatic nitrogens is 1. The Morgan fingerprint density at radius 1 is 1.28 bits per heavy atom. The summed E-state index contributed by atoms with van der Waals surface area (Å²) in [6.45, 7) is 3.23. The molecule has 2 aromatic rings. The van der Waals surface area contributed by atoms with Crippen LogP contribution in [0, 0.1) is 17.0 Å². The lowest BCUT2D eigenvalue weighted by molar-refractivity contribution is -0.384. The third-order valence-corrected chi connectivity index (χ3v) is 4.67. The molecule has 8 heteroatoms. The number of carbonyl (C=O) groups excluding carboxylic acids is 1. The number of hydrogen-bond donors (Lipinski definition) is 0. The largest absolute Gasteiger partial charge is 0.475 e. The molecular formula is C21H24N2O6. The molecule has 0 radical (unpaired) electrons. The van der Waals surface area contributed by atoms with Crippen LogP contribution in [0.5, 0.6) is 5.88 Å². The summed E-state index contributed by atoms with van der Waals surface area (Å²) in [6.07, 6.45) is 3.73. The average Bonchev–Trinajstić information content (AvgIpc) is 2.72. The number of pyridine rings is 1. The minimum Gasteiger partial charge on any atom is -0.475 e. The molecule has 154 valence electrons. The second-order valence-electron chi connectivity index (χ2n) is 6.83. The van der Waals surface area contributed by atoms with Gasteiger partial charge < -0.3 is 19.0 Å². The Kier molecular flexibility index (Phi) is 7.26. The van der Waals surface area contributed by atoms with Crippen LogP contribution in [0.1, 0.15) is 30.5 Å². The third kappa shape index (κ3) is 5.82. The normalized spacial score (nSPS) is 16.4. The highest BCUT2D eigenvalue weighted by Crippen LogP contribution is 2.30. The first-order valence-corrected chi connectivity index (χ1v) is 9.63. The smallest absolute Gasteiger partial charge is 0.270 e. The van der Waals surface area contributed by atoms with Gasteiger partial charge in [0.2, 0.25) is 5.88 Å². The van der Waals surface area contributed by atoms with Crippen molar-refractivity contribution >= 4 is 12.0 Å². The highest BCUT2D eigenvalue weighted by molar-refractivity contribution is 5.71. The highest BCUT2D eigenvalue weighted by atomic mass is 16.7. The number of ether oxygens (including phenoxy) is 3. The van der Waals surface area contributed by atoms with Crippen LogP contribution >= 0.6 is 0 Å². The summed E-state index contributed by atoms with van der Waals surface area (Å²) >= 11 is 0. The van der Waals surface area contributed by atoms with Crippen molar-refractivity contribution < 1.29 is 23.9 Å². The van der Waals surface area contributed by atoms with Gasteiger partial charge in [-0.2, -0.15) is 0 Å². The van der Waals surface area contributed by atoms with E-state index in [4.69, 9.17) is 14.2 Å². The number of rotatable bonds is 9. The highest BCUT2D eigenvalue weighted by Gasteiger charge is 2.15. The number of nitrogens with zero attached hydrogens (tertiary/aromatic N) is 2. The number of nitro benzene ring substituents is 1. The predicted octanol–water partition coefficient (Wildman–Crippen LogP) is 3.63. The minimum atomic E-state index is -0.432. The quantitative estimate of drug-likeness (QED) is 0.274. The van der Waals surface area contributed by atoms with E-state index in [0.717, 1.165) is 31.1 Å². The molecule has 1 aromatic carbocycles. The first-order valence-electron chi connectivity index (χ1n) is 9.63. The predicted molar refractivity (Wildman–Crippen MR) is 106 cm³/mol. The van der Waals surface area contributed by atoms with Gasteiger partial charge >= 0.3 is 0 Å². The topological polar surface area (TPSA) is 101 Å². The Balaban J connectivity index is 1.74. The molecule has 0 spiro atoms. The minimum absolute atomic E-state index is 0.00250. The van der Waals surface area contributed by atoms with Crippen LogP contribution in [0.2, 0.25) is 0 Å². The molecule has 0 N–H and O–H groups in total. The second kappa shape index (κ2) is 10.1. The molecule has 0 aliphatic carbocycles. The molecule has 3 rings (SSSR count). The van der Waals surface area contributed by atoms with E-state index in [0.29, 0.717) is 35.9 Å². The summed E-state index contributed by atoms with van der Waals surface area (Å²) < 4.78 is 16.9. The van der Waals surface area contributed by atoms with Crippen molar-refractivity contribution in [3.8, 4) is 17.0 Å². The number of aldehydes is 1. The van der Waals surface area contributed by atoms with Gasteiger partial charge in [0.15, 0.2) is 6.29 Å². The van der Waals surface area contributed by atoms with Gasteiger partial charge in [-0.3, -0.25) is 10.1 Å². The third-order valence-electron chi connectivity index (χ3n) is 4.67. The van der Waals surface area contributed by atoms with Gasteiger partial charge in [-0.25, -0.2) is 4.98 Å². The van der Waals surface area contributed by atoms with Crippen LogP contribution in [-0.2, 0) is 20.7 Å². The molecule has 1 aromatic heterocycles. The van der Waals surface area contributed by atoms with Crippen LogP contribution < -0.4 is 4.74 Å². The van der Waals surface area contributed by atoms with E-state index in [1.54, 1.807) is 18.2 Å². The van der Waals surface area contributed by atoms with Gasteiger partial charge in [0.1, 0.15) is 12.9 Å². The summed E-state index contributed by atoms with van der Waals surface area (Å²) in [6, 6.07) is 8.15. The van der Waals surface area contributed by atoms with Crippen LogP contribution in [-0.4, -0.2) is 42.3 Å². The Hall–Kier alpha value is -2.84. The number of aryl methyl sites for hydroxylation is 1. The zero-order chi connectivity index (χ0) is 20.6. The molecule has 29 heavy (non-hydrogen) atoms. The number of non-ortho nitro benzene ring substituents is 1. The molecule has 0 saturated carbocycles. The fraction of sp³-hybridized carbons (Fsp3) is 0.429. The van der Waals surface area contributed by atoms with Gasteiger partial charge in [0, 0.05) is 31.2 Å². The van der Waals surface area contributed by atoms with Gasteiger partial charge in [-0.05, 0) is 48.9 Å². The van der Waals surface area contributed by atoms with Gasteiger partial charge in [-0.15, -0.1) is 0 Å². The molecule has 2 heterocycles. The molecule has 1 atom stereocenters. The van der Waals surface area contributed by atoms with E-state index < -0.39 is 4.92 Å². The Morgan fingerprint density at radius 3 is 2.86 bits per heavy atom. The zero-order valence-corrected chi connectivity index (χ0v) is 16.3. The first kappa shape index (κ1) is 20.9. The van der Waals surface area contributed by atoms with E-state index in [9.17, 15) is 14.9 Å². The van der Waals surface area contributed by atoms with Crippen LogP contribution in [0.25, 0.3) is 11.1 Å². The number of hydrogen-bond acceptors (Lipinski definition) is 7. The number of carbonyl (C=O) groups is 1. The number of benzene rings is 1. The molecule has 1 saturated heterocycles. The fourth-order valence-electron chi connectivity index (χ4n) is 3.18. The lowest BCUT2D eigenvalue weighted by Gasteiger charge is -2.22. The van der Waals surface area contributed by atoms with Gasteiger partial charge in [0.25, 0.3) is 5.69 Å². The first-order chi connectivity index (χ1) is 14.1. The summed E-state index contributed by atoms with van der Waals surface area (Å²) in [5.74, 6) is 0.346. The average molecular weight is 400 g/mol. The Bertz CT molecular complexity index is 864. The molecule has 1 aliphatic heterocycles. The van der Waals surface area contributed by atoms with Crippen molar-refractivity contribution in [2.45, 2.75) is 38.9 Å². The summed E-state index contributed by atoms with van der Waals surface area (Å²) in [4.78, 5) is 26.0. The molecular weight excluding hydrogens is 376 g/mol. The van der Waals surface area contributed by atoms with Crippen molar-refractivity contribution in [2.75, 3.05) is 19.8 Å². The number of nitro groups is 1. The molecule has 0 amide bonds. The van der Waals surface area contributed by atoms with Gasteiger partial charge in [-0.1, -0.05) is 6.07 Å². The van der Waals surface area contributed by atoms with Crippen LogP contribution in [0.3, 0.4) is 0 Å². The summed E-state index contributed by atoms with van der Waals surface area (Å²) in [5, 5.41) is 11.1. The van der Waals surface area contributed by atoms with Crippen molar-refractivity contribution in [2.24, 2.45) is 0 Å². The Labute approximate surface area is 169 Å². The van der Waals surface area contributed by atoms with E-state index >= 15 is 0 Å². The summed E-state index contributed by atoms with van der Waals surface area (Å²) in [7, 11) is 0. The van der Waals surface area contributed by atoms with E-state index in [2.05, 4.69) is 4.98 Å². The molecule has 0 bridgehead atoms. The molecule has 8 nitrogen and oxygen atoms in total. The lowest BCUT2D eigenvalue weighted by Crippen LogP contribution is -2.24. The maximum atomic E-state index is 11.1. The summed E-state index contributed by atoms with van der Waals surface area (Å²) in [5.41, 5.74) is 2.83. The lowest BCUT2D eigenvalue weighted by atomic mass is 9.99. The van der Waals surface area contributed by atoms with Gasteiger partial charge in [0.05, 0.1) is 17.2 Å². The van der Waals surface area contributed by atoms with Crippen molar-refractivity contribution in [3.05, 3.63) is 51.7 Å². The fourth-order valence-corrected chi connectivity index (χ4v) is 3.18. The zero-order valence-electron chi connectivity index (χ0n) is 16.3. The van der Waals surface area contributed by atoms with Crippen LogP contribution in [0.15, 0.2) is 30.3 Å². The van der Waals surface area contributed by atoms with Crippen molar-refractivity contribution in [1.82, 2.24) is 4.98 Å². The van der Waals surface area contributed by atoms with Crippen molar-refractivity contribution in [1.29, 1.82) is 0 Å². The van der Waals surface area contributed by atoms with E-state index in [1.165, 1.54) is 12.1 Å². The SMILES string of the molecule is Cc1ccc([N+](=O)[O-])cc1-c1cc(CC=O)nc(OCCOC2CCCCO2)c1. The second-order valence-corrected chi connectivity index (χ2v) is 6.83. The van der Waals surface area contributed by atoms with E-state index in [1.807, 2.05) is 6.92 Å². The monoisotopic (exact) mass is 400 g/mol. The Morgan fingerprint density at radius 2 is 2.14 bits per heavy atom. The molecule has 1 unspecified atom stereocenters. The molecule has 1 fully saturated rings. The van der Waals surface area contributed by atoms with Crippen molar-refractivity contribution in [3.63, 3.8) is 0 Å². The standard InChI is InChI=1S/C21H24N2O6/c1-15-5-6-18(23(25)26)14-19(15)16-12-17(7-8-24)22-20(13-16)27-10-11-29-21-4-2-3-9-28-21/h5-6,8,12-14,21H,2-4,7,9-11H2,1H3. The van der Waals surface area contributed by atoms with Crippen LogP contribution in [0.4, 0.5) is 5.69 Å². The van der Waals surface area contributed by atoms with E-state index in [-0.39, 0.29) is 25.0 Å².